The van der Waals surface area contributed by atoms with Crippen LogP contribution in [0.3, 0.4) is 0 Å². The maximum absolute atomic E-state index is 12.5. The fourth-order valence-corrected chi connectivity index (χ4v) is 3.61. The molecule has 23 heavy (non-hydrogen) atoms. The Balaban J connectivity index is 1.72. The fourth-order valence-electron chi connectivity index (χ4n) is 2.70. The molecule has 0 spiro atoms. The van der Waals surface area contributed by atoms with Crippen molar-refractivity contribution in [3.63, 3.8) is 0 Å². The molecule has 1 aliphatic heterocycles. The molecule has 1 aromatic heterocycles. The van der Waals surface area contributed by atoms with Crippen LogP contribution in [0.25, 0.3) is 10.8 Å². The first kappa shape index (κ1) is 14.0. The minimum absolute atomic E-state index is 0.0733. The number of nitrogens with zero attached hydrogens (tertiary/aromatic N) is 2. The summed E-state index contributed by atoms with van der Waals surface area (Å²) < 4.78 is 1.56. The van der Waals surface area contributed by atoms with Crippen LogP contribution in [0.5, 0.6) is 0 Å². The van der Waals surface area contributed by atoms with E-state index in [2.05, 4.69) is 10.3 Å². The van der Waals surface area contributed by atoms with Gasteiger partial charge >= 0.3 is 0 Å². The van der Waals surface area contributed by atoms with Crippen molar-refractivity contribution in [3.8, 4) is 0 Å². The molecule has 0 saturated carbocycles. The zero-order valence-corrected chi connectivity index (χ0v) is 13.0. The molecule has 0 atom stereocenters. The summed E-state index contributed by atoms with van der Waals surface area (Å²) in [5, 5.41) is 5.48. The summed E-state index contributed by atoms with van der Waals surface area (Å²) in [5.41, 5.74) is 0.481. The number of amides is 1. The van der Waals surface area contributed by atoms with Gasteiger partial charge in [-0.1, -0.05) is 48.2 Å². The second-order valence-electron chi connectivity index (χ2n) is 5.24. The van der Waals surface area contributed by atoms with Gasteiger partial charge in [-0.25, -0.2) is 4.98 Å². The highest BCUT2D eigenvalue weighted by Crippen LogP contribution is 2.24. The Kier molecular flexibility index (Phi) is 3.38. The van der Waals surface area contributed by atoms with Crippen molar-refractivity contribution in [1.82, 2.24) is 9.55 Å². The minimum Gasteiger partial charge on any atom is -0.321 e. The lowest BCUT2D eigenvalue weighted by atomic mass is 10.1. The maximum Gasteiger partial charge on any atom is 0.267 e. The van der Waals surface area contributed by atoms with Gasteiger partial charge in [0, 0.05) is 29.6 Å². The fraction of sp³-hybridized carbons (Fsp3) is 0.118. The number of carbonyl (C=O) groups is 1. The summed E-state index contributed by atoms with van der Waals surface area (Å²) in [7, 11) is 0. The lowest BCUT2D eigenvalue weighted by Gasteiger charge is -2.09. The molecule has 2 heterocycles. The molecule has 0 fully saturated rings. The molecule has 0 bridgehead atoms. The van der Waals surface area contributed by atoms with Crippen molar-refractivity contribution < 1.29 is 4.79 Å². The van der Waals surface area contributed by atoms with Crippen LogP contribution in [0.1, 0.15) is 10.4 Å². The average Bonchev–Trinajstić information content (AvgIpc) is 3.05. The van der Waals surface area contributed by atoms with Gasteiger partial charge in [0.15, 0.2) is 5.16 Å². The van der Waals surface area contributed by atoms with Crippen LogP contribution < -0.4 is 10.9 Å². The van der Waals surface area contributed by atoms with Crippen molar-refractivity contribution in [2.45, 2.75) is 11.7 Å². The number of aromatic nitrogens is 2. The van der Waals surface area contributed by atoms with E-state index in [-0.39, 0.29) is 11.1 Å². The molecule has 0 aliphatic carbocycles. The third kappa shape index (κ3) is 2.41. The summed E-state index contributed by atoms with van der Waals surface area (Å²) in [4.78, 5) is 29.1. The van der Waals surface area contributed by atoms with Gasteiger partial charge in [0.25, 0.3) is 11.5 Å². The third-order valence-electron chi connectivity index (χ3n) is 3.84. The van der Waals surface area contributed by atoms with Crippen LogP contribution in [-0.2, 0) is 6.54 Å². The topological polar surface area (TPSA) is 64.0 Å². The molecule has 0 radical (unpaired) electrons. The third-order valence-corrected chi connectivity index (χ3v) is 4.81. The number of hydrogen-bond acceptors (Lipinski definition) is 4. The molecule has 2 aromatic carbocycles. The summed E-state index contributed by atoms with van der Waals surface area (Å²) in [6, 6.07) is 13.5. The monoisotopic (exact) mass is 323 g/mol. The number of nitrogens with one attached hydrogen (secondary N) is 1. The standard InChI is InChI=1S/C17H13N3O2S/c21-15(13-10-18-17-20(16(13)22)8-9-23-17)19-14-7-3-5-11-4-1-2-6-12(11)14/h1-7,10H,8-9H2,(H,19,21). The number of thioether (sulfide) groups is 1. The quantitative estimate of drug-likeness (QED) is 0.737. The normalized spacial score (nSPS) is 13.0. The van der Waals surface area contributed by atoms with E-state index in [4.69, 9.17) is 0 Å². The van der Waals surface area contributed by atoms with Crippen LogP contribution >= 0.6 is 11.8 Å². The van der Waals surface area contributed by atoms with Crippen molar-refractivity contribution in [3.05, 3.63) is 64.6 Å². The highest BCUT2D eigenvalue weighted by atomic mass is 32.2. The SMILES string of the molecule is O=C(Nc1cccc2ccccc12)c1cnc2n(c1=O)CCS2. The first-order chi connectivity index (χ1) is 11.2. The highest BCUT2D eigenvalue weighted by molar-refractivity contribution is 7.99. The predicted molar refractivity (Wildman–Crippen MR) is 91.1 cm³/mol. The van der Waals surface area contributed by atoms with Crippen LogP contribution in [0.2, 0.25) is 0 Å². The Labute approximate surface area is 136 Å². The Morgan fingerprint density at radius 2 is 2.00 bits per heavy atom. The summed E-state index contributed by atoms with van der Waals surface area (Å²) in [6.45, 7) is 0.598. The summed E-state index contributed by atoms with van der Waals surface area (Å²) in [5.74, 6) is 0.391. The summed E-state index contributed by atoms with van der Waals surface area (Å²) in [6.07, 6.45) is 1.37. The van der Waals surface area contributed by atoms with E-state index in [0.717, 1.165) is 16.5 Å². The molecule has 0 saturated heterocycles. The van der Waals surface area contributed by atoms with Gasteiger partial charge in [-0.3, -0.25) is 14.2 Å². The van der Waals surface area contributed by atoms with E-state index in [1.807, 2.05) is 42.5 Å². The molecule has 3 aromatic rings. The summed E-state index contributed by atoms with van der Waals surface area (Å²) >= 11 is 1.53. The van der Waals surface area contributed by atoms with Crippen LogP contribution in [0.15, 0.2) is 58.6 Å². The molecular formula is C17H13N3O2S. The Morgan fingerprint density at radius 3 is 2.91 bits per heavy atom. The van der Waals surface area contributed by atoms with E-state index in [1.54, 1.807) is 4.57 Å². The maximum atomic E-state index is 12.5. The largest absolute Gasteiger partial charge is 0.321 e. The average molecular weight is 323 g/mol. The first-order valence-corrected chi connectivity index (χ1v) is 8.24. The van der Waals surface area contributed by atoms with Gasteiger partial charge in [-0.05, 0) is 11.5 Å². The lowest BCUT2D eigenvalue weighted by Crippen LogP contribution is -2.29. The number of rotatable bonds is 2. The first-order valence-electron chi connectivity index (χ1n) is 7.26. The van der Waals surface area contributed by atoms with Crippen LogP contribution in [0.4, 0.5) is 5.69 Å². The lowest BCUT2D eigenvalue weighted by molar-refractivity contribution is 0.102. The van der Waals surface area contributed by atoms with Crippen LogP contribution in [-0.4, -0.2) is 21.2 Å². The number of benzene rings is 2. The van der Waals surface area contributed by atoms with Gasteiger partial charge in [0.1, 0.15) is 5.56 Å². The van der Waals surface area contributed by atoms with Gasteiger partial charge in [0.05, 0.1) is 0 Å². The molecule has 5 nitrogen and oxygen atoms in total. The molecule has 1 amide bonds. The zero-order valence-electron chi connectivity index (χ0n) is 12.2. The number of carbonyl (C=O) groups excluding carboxylic acids is 1. The second kappa shape index (κ2) is 5.55. The molecular weight excluding hydrogens is 310 g/mol. The molecule has 1 N–H and O–H groups in total. The van der Waals surface area contributed by atoms with E-state index in [1.165, 1.54) is 18.0 Å². The molecule has 1 aliphatic rings. The molecule has 114 valence electrons. The van der Waals surface area contributed by atoms with Crippen molar-refractivity contribution >= 4 is 34.1 Å². The Bertz CT molecular complexity index is 976. The Morgan fingerprint density at radius 1 is 1.17 bits per heavy atom. The minimum atomic E-state index is -0.425. The van der Waals surface area contributed by atoms with E-state index in [9.17, 15) is 9.59 Å². The zero-order chi connectivity index (χ0) is 15.8. The van der Waals surface area contributed by atoms with E-state index < -0.39 is 5.91 Å². The van der Waals surface area contributed by atoms with Crippen LogP contribution in [0, 0.1) is 0 Å². The van der Waals surface area contributed by atoms with Crippen molar-refractivity contribution in [2.24, 2.45) is 0 Å². The molecule has 0 unspecified atom stereocenters. The van der Waals surface area contributed by atoms with Gasteiger partial charge in [-0.15, -0.1) is 0 Å². The van der Waals surface area contributed by atoms with Gasteiger partial charge in [-0.2, -0.15) is 0 Å². The van der Waals surface area contributed by atoms with Crippen molar-refractivity contribution in [2.75, 3.05) is 11.1 Å². The van der Waals surface area contributed by atoms with Gasteiger partial charge < -0.3 is 5.32 Å². The number of hydrogen-bond donors (Lipinski definition) is 1. The number of anilines is 1. The van der Waals surface area contributed by atoms with E-state index >= 15 is 0 Å². The van der Waals surface area contributed by atoms with Gasteiger partial charge in [0.2, 0.25) is 0 Å². The van der Waals surface area contributed by atoms with E-state index in [0.29, 0.717) is 17.4 Å². The molecule has 4 rings (SSSR count). The second-order valence-corrected chi connectivity index (χ2v) is 6.30. The number of fused-ring (bicyclic) bond motifs is 2. The molecule has 6 heteroatoms. The Hall–Kier alpha value is -2.60. The predicted octanol–water partition coefficient (Wildman–Crippen LogP) is 2.75. The smallest absolute Gasteiger partial charge is 0.267 e. The van der Waals surface area contributed by atoms with Crippen molar-refractivity contribution in [1.29, 1.82) is 0 Å². The highest BCUT2D eigenvalue weighted by Gasteiger charge is 2.20.